The Balaban J connectivity index is 1.49. The molecule has 5 nitrogen and oxygen atoms in total. The van der Waals surface area contributed by atoms with Gasteiger partial charge in [0, 0.05) is 4.88 Å². The van der Waals surface area contributed by atoms with E-state index < -0.39 is 0 Å². The van der Waals surface area contributed by atoms with Gasteiger partial charge < -0.3 is 9.73 Å². The minimum atomic E-state index is -0.383. The van der Waals surface area contributed by atoms with Crippen molar-refractivity contribution in [3.8, 4) is 6.07 Å². The molecule has 1 atom stereocenters. The second-order valence-corrected chi connectivity index (χ2v) is 8.97. The Kier molecular flexibility index (Phi) is 5.19. The highest BCUT2D eigenvalue weighted by molar-refractivity contribution is 8.00. The van der Waals surface area contributed by atoms with E-state index in [-0.39, 0.29) is 11.2 Å². The Hall–Kier alpha value is -2.30. The number of aromatic nitrogens is 1. The summed E-state index contributed by atoms with van der Waals surface area (Å²) in [5.74, 6) is -0.143. The number of thiophene rings is 1. The van der Waals surface area contributed by atoms with E-state index in [1.807, 2.05) is 31.2 Å². The van der Waals surface area contributed by atoms with Gasteiger partial charge in [-0.3, -0.25) is 4.79 Å². The molecule has 0 saturated carbocycles. The van der Waals surface area contributed by atoms with Gasteiger partial charge in [0.2, 0.25) is 5.91 Å². The number of hydrogen-bond acceptors (Lipinski definition) is 6. The number of carbonyl (C=O) groups is 1. The maximum absolute atomic E-state index is 12.7. The van der Waals surface area contributed by atoms with Crippen LogP contribution in [0.15, 0.2) is 33.9 Å². The van der Waals surface area contributed by atoms with Crippen molar-refractivity contribution in [3.05, 3.63) is 40.3 Å². The van der Waals surface area contributed by atoms with Crippen molar-refractivity contribution >= 4 is 45.1 Å². The standard InChI is InChI=1S/C20H19N3O2S2/c1-12(26-20-22-15-8-5-6-9-16(15)25-20)18(24)23-19-14(11-21)13-7-3-2-4-10-17(13)27-19/h5-6,8-9,12H,2-4,7,10H2,1H3,(H,23,24)/t12-/m1/s1. The van der Waals surface area contributed by atoms with Crippen LogP contribution in [0.4, 0.5) is 5.00 Å². The zero-order chi connectivity index (χ0) is 18.8. The van der Waals surface area contributed by atoms with E-state index in [9.17, 15) is 10.1 Å². The molecule has 0 unspecified atom stereocenters. The molecule has 1 aliphatic rings. The van der Waals surface area contributed by atoms with Gasteiger partial charge in [-0.25, -0.2) is 4.98 Å². The van der Waals surface area contributed by atoms with Crippen LogP contribution < -0.4 is 5.32 Å². The van der Waals surface area contributed by atoms with Crippen LogP contribution in [-0.4, -0.2) is 16.1 Å². The van der Waals surface area contributed by atoms with Gasteiger partial charge in [-0.15, -0.1) is 11.3 Å². The van der Waals surface area contributed by atoms with Gasteiger partial charge >= 0.3 is 0 Å². The molecule has 2 aromatic heterocycles. The molecule has 27 heavy (non-hydrogen) atoms. The van der Waals surface area contributed by atoms with Gasteiger partial charge in [0.1, 0.15) is 16.6 Å². The van der Waals surface area contributed by atoms with E-state index in [2.05, 4.69) is 16.4 Å². The number of carbonyl (C=O) groups excluding carboxylic acids is 1. The first kappa shape index (κ1) is 18.1. The number of fused-ring (bicyclic) bond motifs is 2. The zero-order valence-electron chi connectivity index (χ0n) is 14.9. The third-order valence-electron chi connectivity index (χ3n) is 4.69. The maximum Gasteiger partial charge on any atom is 0.257 e. The topological polar surface area (TPSA) is 78.9 Å². The predicted molar refractivity (Wildman–Crippen MR) is 108 cm³/mol. The highest BCUT2D eigenvalue weighted by Gasteiger charge is 2.24. The summed E-state index contributed by atoms with van der Waals surface area (Å²) < 4.78 is 5.69. The van der Waals surface area contributed by atoms with Gasteiger partial charge in [-0.05, 0) is 50.3 Å². The van der Waals surface area contributed by atoms with Crippen LogP contribution in [0.2, 0.25) is 0 Å². The SMILES string of the molecule is C[C@@H](Sc1nc2ccccc2o1)C(=O)Nc1sc2c(c1C#N)CCCCC2. The monoisotopic (exact) mass is 397 g/mol. The van der Waals surface area contributed by atoms with E-state index >= 15 is 0 Å². The van der Waals surface area contributed by atoms with Gasteiger partial charge in [0.25, 0.3) is 5.22 Å². The van der Waals surface area contributed by atoms with Crippen LogP contribution >= 0.6 is 23.1 Å². The molecule has 1 amide bonds. The van der Waals surface area contributed by atoms with Crippen LogP contribution in [0.3, 0.4) is 0 Å². The molecule has 3 aromatic rings. The number of aryl methyl sites for hydroxylation is 1. The molecular formula is C20H19N3O2S2. The van der Waals surface area contributed by atoms with Crippen LogP contribution in [0.5, 0.6) is 0 Å². The number of nitrogens with one attached hydrogen (secondary N) is 1. The van der Waals surface area contributed by atoms with Crippen LogP contribution in [0, 0.1) is 11.3 Å². The molecular weight excluding hydrogens is 378 g/mol. The number of hydrogen-bond donors (Lipinski definition) is 1. The second-order valence-electron chi connectivity index (χ2n) is 6.58. The summed E-state index contributed by atoms with van der Waals surface area (Å²) in [6, 6.07) is 9.83. The van der Waals surface area contributed by atoms with Gasteiger partial charge in [-0.1, -0.05) is 30.3 Å². The lowest BCUT2D eigenvalue weighted by atomic mass is 10.1. The van der Waals surface area contributed by atoms with Crippen LogP contribution in [0.25, 0.3) is 11.1 Å². The number of nitrogens with zero attached hydrogens (tertiary/aromatic N) is 2. The minimum absolute atomic E-state index is 0.143. The Morgan fingerprint density at radius 3 is 2.96 bits per heavy atom. The van der Waals surface area contributed by atoms with Gasteiger partial charge in [-0.2, -0.15) is 5.26 Å². The van der Waals surface area contributed by atoms with Crippen molar-refractivity contribution in [2.75, 3.05) is 5.32 Å². The summed E-state index contributed by atoms with van der Waals surface area (Å²) in [5, 5.41) is 13.3. The Morgan fingerprint density at radius 1 is 1.33 bits per heavy atom. The van der Waals surface area contributed by atoms with Crippen molar-refractivity contribution in [2.45, 2.75) is 49.5 Å². The summed E-state index contributed by atoms with van der Waals surface area (Å²) in [6.45, 7) is 1.82. The predicted octanol–water partition coefficient (Wildman–Crippen LogP) is 5.15. The lowest BCUT2D eigenvalue weighted by Gasteiger charge is -2.09. The number of benzene rings is 1. The molecule has 0 radical (unpaired) electrons. The second kappa shape index (κ2) is 7.75. The Labute approximate surface area is 165 Å². The van der Waals surface area contributed by atoms with Crippen molar-refractivity contribution in [1.29, 1.82) is 5.26 Å². The number of thioether (sulfide) groups is 1. The number of nitriles is 1. The Morgan fingerprint density at radius 2 is 2.15 bits per heavy atom. The molecule has 0 saturated heterocycles. The van der Waals surface area contributed by atoms with E-state index in [4.69, 9.17) is 4.42 Å². The summed E-state index contributed by atoms with van der Waals surface area (Å²) in [5.41, 5.74) is 3.27. The molecule has 2 heterocycles. The molecule has 1 aromatic carbocycles. The first-order valence-corrected chi connectivity index (χ1v) is 10.7. The normalized spacial score (nSPS) is 15.0. The van der Waals surface area contributed by atoms with Crippen molar-refractivity contribution in [1.82, 2.24) is 4.98 Å². The minimum Gasteiger partial charge on any atom is -0.431 e. The highest BCUT2D eigenvalue weighted by atomic mass is 32.2. The number of anilines is 1. The average molecular weight is 398 g/mol. The van der Waals surface area contributed by atoms with Gasteiger partial charge in [0.05, 0.1) is 10.8 Å². The molecule has 0 aliphatic heterocycles. The summed E-state index contributed by atoms with van der Waals surface area (Å²) in [6.07, 6.45) is 5.38. The molecule has 1 N–H and O–H groups in total. The number of amides is 1. The molecule has 138 valence electrons. The molecule has 0 spiro atoms. The van der Waals surface area contributed by atoms with Crippen molar-refractivity contribution in [2.24, 2.45) is 0 Å². The molecule has 7 heteroatoms. The van der Waals surface area contributed by atoms with Crippen LogP contribution in [-0.2, 0) is 17.6 Å². The summed E-state index contributed by atoms with van der Waals surface area (Å²) in [4.78, 5) is 18.3. The third-order valence-corrected chi connectivity index (χ3v) is 6.84. The number of oxazole rings is 1. The lowest BCUT2D eigenvalue weighted by molar-refractivity contribution is -0.115. The van der Waals surface area contributed by atoms with Crippen LogP contribution in [0.1, 0.15) is 42.2 Å². The molecule has 4 rings (SSSR count). The van der Waals surface area contributed by atoms with E-state index in [1.165, 1.54) is 23.1 Å². The number of rotatable bonds is 4. The zero-order valence-corrected chi connectivity index (χ0v) is 16.6. The fraction of sp³-hybridized carbons (Fsp3) is 0.350. The average Bonchev–Trinajstić information content (AvgIpc) is 3.13. The van der Waals surface area contributed by atoms with E-state index in [1.54, 1.807) is 11.3 Å². The largest absolute Gasteiger partial charge is 0.431 e. The highest BCUT2D eigenvalue weighted by Crippen LogP contribution is 2.37. The quantitative estimate of drug-likeness (QED) is 0.486. The Bertz CT molecular complexity index is 999. The van der Waals surface area contributed by atoms with E-state index in [0.717, 1.165) is 36.8 Å². The number of para-hydroxylation sites is 2. The fourth-order valence-electron chi connectivity index (χ4n) is 3.27. The summed E-state index contributed by atoms with van der Waals surface area (Å²) in [7, 11) is 0. The maximum atomic E-state index is 12.7. The van der Waals surface area contributed by atoms with Crippen molar-refractivity contribution < 1.29 is 9.21 Å². The lowest BCUT2D eigenvalue weighted by Crippen LogP contribution is -2.22. The fourth-order valence-corrected chi connectivity index (χ4v) is 5.27. The van der Waals surface area contributed by atoms with Gasteiger partial charge in [0.15, 0.2) is 5.58 Å². The first-order chi connectivity index (χ1) is 13.2. The summed E-state index contributed by atoms with van der Waals surface area (Å²) >= 11 is 2.83. The van der Waals surface area contributed by atoms with Crippen molar-refractivity contribution in [3.63, 3.8) is 0 Å². The third kappa shape index (κ3) is 3.73. The molecule has 0 fully saturated rings. The first-order valence-electron chi connectivity index (χ1n) is 9.03. The smallest absolute Gasteiger partial charge is 0.257 e. The molecule has 1 aliphatic carbocycles. The molecule has 0 bridgehead atoms. The van der Waals surface area contributed by atoms with E-state index in [0.29, 0.717) is 21.4 Å².